The summed E-state index contributed by atoms with van der Waals surface area (Å²) in [7, 11) is 1.73. The Bertz CT molecular complexity index is 1520. The van der Waals surface area contributed by atoms with Crippen LogP contribution in [0.5, 0.6) is 6.01 Å². The van der Waals surface area contributed by atoms with E-state index in [-0.39, 0.29) is 11.5 Å². The predicted molar refractivity (Wildman–Crippen MR) is 147 cm³/mol. The molecule has 11 heteroatoms. The molecule has 0 aliphatic carbocycles. The Hall–Kier alpha value is -3.83. The molecule has 2 N–H and O–H groups in total. The average Bonchev–Trinajstić information content (AvgIpc) is 3.55. The highest BCUT2D eigenvalue weighted by molar-refractivity contribution is 6.14. The van der Waals surface area contributed by atoms with Gasteiger partial charge < -0.3 is 25.0 Å². The van der Waals surface area contributed by atoms with Gasteiger partial charge in [0.1, 0.15) is 5.52 Å². The summed E-state index contributed by atoms with van der Waals surface area (Å²) < 4.78 is 27.6. The molecule has 0 saturated carbocycles. The minimum absolute atomic E-state index is 0.213. The molecule has 10 nitrogen and oxygen atoms in total. The van der Waals surface area contributed by atoms with Crippen molar-refractivity contribution in [3.05, 3.63) is 48.0 Å². The number of rotatable bonds is 6. The van der Waals surface area contributed by atoms with E-state index < -0.39 is 11.7 Å². The maximum atomic E-state index is 14.7. The predicted octanol–water partition coefficient (Wildman–Crippen LogP) is 3.51. The third-order valence-electron chi connectivity index (χ3n) is 7.25. The monoisotopic (exact) mass is 533 g/mol. The lowest BCUT2D eigenvalue weighted by atomic mass is 10.0. The minimum Gasteiger partial charge on any atom is -0.463 e. The molecule has 4 heterocycles. The number of aromatic nitrogens is 4. The van der Waals surface area contributed by atoms with Crippen molar-refractivity contribution in [2.24, 2.45) is 13.0 Å². The highest BCUT2D eigenvalue weighted by Crippen LogP contribution is 2.31. The Kier molecular flexibility index (Phi) is 6.78. The van der Waals surface area contributed by atoms with Crippen molar-refractivity contribution in [2.45, 2.75) is 32.4 Å². The zero-order valence-electron chi connectivity index (χ0n) is 22.3. The van der Waals surface area contributed by atoms with Crippen molar-refractivity contribution in [1.29, 1.82) is 0 Å². The number of fused-ring (bicyclic) bond motifs is 2. The van der Waals surface area contributed by atoms with Crippen LogP contribution in [0.15, 0.2) is 36.7 Å². The number of hydrogen-bond acceptors (Lipinski definition) is 8. The van der Waals surface area contributed by atoms with Crippen LogP contribution in [0.25, 0.3) is 21.8 Å². The van der Waals surface area contributed by atoms with Crippen molar-refractivity contribution in [2.75, 3.05) is 43.1 Å². The van der Waals surface area contributed by atoms with Crippen molar-refractivity contribution < 1.29 is 18.7 Å². The summed E-state index contributed by atoms with van der Waals surface area (Å²) >= 11 is 0. The second-order valence-corrected chi connectivity index (χ2v) is 10.6. The van der Waals surface area contributed by atoms with Gasteiger partial charge in [-0.05, 0) is 44.5 Å². The quantitative estimate of drug-likeness (QED) is 0.388. The van der Waals surface area contributed by atoms with Crippen LogP contribution in [-0.2, 0) is 11.8 Å². The molecular weight excluding hydrogens is 501 g/mol. The summed E-state index contributed by atoms with van der Waals surface area (Å²) in [6.45, 7) is 7.77. The van der Waals surface area contributed by atoms with E-state index >= 15 is 0 Å². The number of nitrogens with one attached hydrogen (secondary N) is 2. The molecule has 4 aromatic rings. The van der Waals surface area contributed by atoms with Crippen LogP contribution in [0.1, 0.15) is 30.6 Å². The molecule has 1 unspecified atom stereocenters. The van der Waals surface area contributed by atoms with Gasteiger partial charge in [0.05, 0.1) is 24.3 Å². The van der Waals surface area contributed by atoms with Crippen molar-refractivity contribution in [3.63, 3.8) is 0 Å². The molecule has 204 valence electrons. The molecule has 2 aliphatic heterocycles. The number of hydrogen-bond donors (Lipinski definition) is 2. The first-order valence-electron chi connectivity index (χ1n) is 13.3. The van der Waals surface area contributed by atoms with Crippen LogP contribution >= 0.6 is 0 Å². The number of carbonyl (C=O) groups excluding carboxylic acids is 1. The Balaban J connectivity index is 1.36. The standard InChI is InChI=1S/C28H32FN7O3/c1-16-11-36(12-17(2)31-16)24-5-4-21(26-22(24)10-30-28(33-26)39-15-18-6-7-38-14-18)27(37)32-20-8-19-13-35(3)34-25(19)23(29)9-20/h4-5,8-10,13,16-18,31H,6-7,11-12,14-15H2,1-3H3,(H,32,37)/t16-,17-,18?/m0/s1. The first kappa shape index (κ1) is 25.4. The summed E-state index contributed by atoms with van der Waals surface area (Å²) in [6.07, 6.45) is 4.37. The lowest BCUT2D eigenvalue weighted by molar-refractivity contribution is 0.102. The molecule has 2 fully saturated rings. The molecule has 2 aromatic heterocycles. The molecule has 2 saturated heterocycles. The smallest absolute Gasteiger partial charge is 0.316 e. The third-order valence-corrected chi connectivity index (χ3v) is 7.25. The second kappa shape index (κ2) is 10.4. The first-order chi connectivity index (χ1) is 18.8. The summed E-state index contributed by atoms with van der Waals surface area (Å²) in [5.74, 6) is -0.607. The van der Waals surface area contributed by atoms with Crippen molar-refractivity contribution in [3.8, 4) is 6.01 Å². The van der Waals surface area contributed by atoms with E-state index in [1.165, 1.54) is 6.07 Å². The van der Waals surface area contributed by atoms with E-state index in [2.05, 4.69) is 39.5 Å². The molecule has 1 amide bonds. The zero-order chi connectivity index (χ0) is 27.1. The maximum absolute atomic E-state index is 14.7. The van der Waals surface area contributed by atoms with Crippen LogP contribution in [0, 0.1) is 11.7 Å². The molecule has 39 heavy (non-hydrogen) atoms. The van der Waals surface area contributed by atoms with Gasteiger partial charge in [-0.1, -0.05) is 0 Å². The van der Waals surface area contributed by atoms with Gasteiger partial charge in [0.2, 0.25) is 0 Å². The van der Waals surface area contributed by atoms with Crippen molar-refractivity contribution >= 4 is 39.1 Å². The fourth-order valence-electron chi connectivity index (χ4n) is 5.53. The zero-order valence-corrected chi connectivity index (χ0v) is 22.3. The van der Waals surface area contributed by atoms with Gasteiger partial charge in [0.25, 0.3) is 5.91 Å². The van der Waals surface area contributed by atoms with E-state index in [0.717, 1.165) is 37.2 Å². The molecule has 0 spiro atoms. The number of ether oxygens (including phenoxy) is 2. The normalized spacial score (nSPS) is 21.5. The SMILES string of the molecule is C[C@H]1CN(c2ccc(C(=O)Nc3cc(F)c4nn(C)cc4c3)c3nc(OCC4CCOC4)ncc23)C[C@H](C)N1. The number of aryl methyl sites for hydroxylation is 1. The summed E-state index contributed by atoms with van der Waals surface area (Å²) in [4.78, 5) is 25.0. The Morgan fingerprint density at radius 2 is 2.05 bits per heavy atom. The van der Waals surface area contributed by atoms with Crippen molar-refractivity contribution in [1.82, 2.24) is 25.1 Å². The van der Waals surface area contributed by atoms with Gasteiger partial charge in [0, 0.05) is 79.3 Å². The van der Waals surface area contributed by atoms with Gasteiger partial charge in [-0.15, -0.1) is 0 Å². The number of anilines is 2. The molecule has 2 aromatic carbocycles. The lowest BCUT2D eigenvalue weighted by Gasteiger charge is -2.38. The molecule has 0 bridgehead atoms. The molecule has 0 radical (unpaired) electrons. The maximum Gasteiger partial charge on any atom is 0.316 e. The van der Waals surface area contributed by atoms with Crippen LogP contribution in [0.2, 0.25) is 0 Å². The first-order valence-corrected chi connectivity index (χ1v) is 13.3. The average molecular weight is 534 g/mol. The Morgan fingerprint density at radius 1 is 1.23 bits per heavy atom. The fraction of sp³-hybridized carbons (Fsp3) is 0.429. The highest BCUT2D eigenvalue weighted by Gasteiger charge is 2.25. The highest BCUT2D eigenvalue weighted by atomic mass is 19.1. The van der Waals surface area contributed by atoms with Crippen LogP contribution in [-0.4, -0.2) is 70.6 Å². The number of piperazine rings is 1. The summed E-state index contributed by atoms with van der Waals surface area (Å²) in [5, 5.41) is 11.9. The van der Waals surface area contributed by atoms with E-state index in [4.69, 9.17) is 14.5 Å². The van der Waals surface area contributed by atoms with E-state index in [1.807, 2.05) is 6.07 Å². The van der Waals surface area contributed by atoms with E-state index in [0.29, 0.717) is 53.4 Å². The number of nitrogens with zero attached hydrogens (tertiary/aromatic N) is 5. The summed E-state index contributed by atoms with van der Waals surface area (Å²) in [5.41, 5.74) is 2.39. The van der Waals surface area contributed by atoms with Gasteiger partial charge in [-0.25, -0.2) is 9.37 Å². The minimum atomic E-state index is -0.501. The largest absolute Gasteiger partial charge is 0.463 e. The summed E-state index contributed by atoms with van der Waals surface area (Å²) in [6, 6.07) is 7.52. The lowest BCUT2D eigenvalue weighted by Crippen LogP contribution is -2.54. The number of carbonyl (C=O) groups is 1. The van der Waals surface area contributed by atoms with E-state index in [1.54, 1.807) is 36.3 Å². The van der Waals surface area contributed by atoms with Crippen LogP contribution in [0.3, 0.4) is 0 Å². The van der Waals surface area contributed by atoms with Crippen LogP contribution < -0.4 is 20.3 Å². The Morgan fingerprint density at radius 3 is 2.82 bits per heavy atom. The van der Waals surface area contributed by atoms with Gasteiger partial charge in [-0.3, -0.25) is 9.48 Å². The molecule has 3 atom stereocenters. The molecule has 6 rings (SSSR count). The second-order valence-electron chi connectivity index (χ2n) is 10.6. The van der Waals surface area contributed by atoms with Gasteiger partial charge >= 0.3 is 6.01 Å². The van der Waals surface area contributed by atoms with Gasteiger partial charge in [-0.2, -0.15) is 10.1 Å². The third kappa shape index (κ3) is 5.24. The molecule has 2 aliphatic rings. The topological polar surface area (TPSA) is 106 Å². The fourth-order valence-corrected chi connectivity index (χ4v) is 5.53. The Labute approximate surface area is 225 Å². The molecular formula is C28H32FN7O3. The van der Waals surface area contributed by atoms with E-state index in [9.17, 15) is 9.18 Å². The number of halogens is 1. The number of amides is 1. The van der Waals surface area contributed by atoms with Crippen LogP contribution in [0.4, 0.5) is 15.8 Å². The van der Waals surface area contributed by atoms with Gasteiger partial charge in [0.15, 0.2) is 5.82 Å². The number of benzene rings is 2.